The maximum Gasteiger partial charge on any atom is 0.158 e. The second-order valence-corrected chi connectivity index (χ2v) is 7.14. The van der Waals surface area contributed by atoms with E-state index in [2.05, 4.69) is 16.6 Å². The van der Waals surface area contributed by atoms with Crippen molar-refractivity contribution < 1.29 is 0 Å². The minimum atomic E-state index is 0.487. The van der Waals surface area contributed by atoms with Crippen molar-refractivity contribution in [2.24, 2.45) is 18.4 Å². The van der Waals surface area contributed by atoms with Gasteiger partial charge in [0.15, 0.2) is 5.65 Å². The first-order valence-corrected chi connectivity index (χ1v) is 8.69. The van der Waals surface area contributed by atoms with Crippen LogP contribution in [0.5, 0.6) is 0 Å². The molecule has 0 amide bonds. The summed E-state index contributed by atoms with van der Waals surface area (Å²) in [6, 6.07) is 0. The zero-order valence-electron chi connectivity index (χ0n) is 12.9. The molecule has 21 heavy (non-hydrogen) atoms. The minimum Gasteiger partial charge on any atom is -0.311 e. The van der Waals surface area contributed by atoms with E-state index in [9.17, 15) is 0 Å². The Labute approximate surface area is 130 Å². The molecular weight excluding hydrogens is 284 g/mol. The first kappa shape index (κ1) is 13.6. The van der Waals surface area contributed by atoms with Crippen molar-refractivity contribution >= 4 is 22.8 Å². The number of rotatable bonds is 6. The second kappa shape index (κ2) is 4.73. The van der Waals surface area contributed by atoms with Crippen molar-refractivity contribution in [3.8, 4) is 0 Å². The van der Waals surface area contributed by atoms with Crippen LogP contribution in [0, 0.1) is 11.3 Å². The molecule has 0 N–H and O–H groups in total. The van der Waals surface area contributed by atoms with Gasteiger partial charge in [-0.3, -0.25) is 4.68 Å². The van der Waals surface area contributed by atoms with Crippen LogP contribution in [0.2, 0.25) is 0 Å². The molecule has 0 saturated heterocycles. The number of halogens is 1. The Bertz CT molecular complexity index is 676. The van der Waals surface area contributed by atoms with Crippen molar-refractivity contribution in [3.63, 3.8) is 0 Å². The number of fused-ring (bicyclic) bond motifs is 1. The van der Waals surface area contributed by atoms with E-state index in [1.54, 1.807) is 0 Å². The zero-order valence-corrected chi connectivity index (χ0v) is 13.7. The van der Waals surface area contributed by atoms with Crippen molar-refractivity contribution in [3.05, 3.63) is 11.5 Å². The summed E-state index contributed by atoms with van der Waals surface area (Å²) >= 11 is 6.17. The quantitative estimate of drug-likeness (QED) is 0.764. The highest BCUT2D eigenvalue weighted by molar-refractivity contribution is 6.16. The van der Waals surface area contributed by atoms with Crippen molar-refractivity contribution in [2.45, 2.75) is 57.9 Å². The van der Waals surface area contributed by atoms with Crippen molar-refractivity contribution in [2.75, 3.05) is 0 Å². The van der Waals surface area contributed by atoms with Gasteiger partial charge in [0.05, 0.1) is 11.6 Å². The lowest BCUT2D eigenvalue weighted by atomic mass is 10.0. The van der Waals surface area contributed by atoms with Crippen LogP contribution < -0.4 is 0 Å². The van der Waals surface area contributed by atoms with Crippen LogP contribution in [-0.2, 0) is 25.9 Å². The minimum absolute atomic E-state index is 0.487. The fourth-order valence-corrected chi connectivity index (χ4v) is 4.03. The molecule has 2 aliphatic rings. The number of hydrogen-bond donors (Lipinski definition) is 0. The molecule has 2 fully saturated rings. The monoisotopic (exact) mass is 306 g/mol. The van der Waals surface area contributed by atoms with Gasteiger partial charge in [-0.2, -0.15) is 5.10 Å². The largest absolute Gasteiger partial charge is 0.311 e. The molecule has 0 aliphatic heterocycles. The average molecular weight is 307 g/mol. The third kappa shape index (κ3) is 2.10. The number of hydrogen-bond acceptors (Lipinski definition) is 2. The van der Waals surface area contributed by atoms with Gasteiger partial charge in [0.2, 0.25) is 0 Å². The lowest BCUT2D eigenvalue weighted by Gasteiger charge is -2.17. The summed E-state index contributed by atoms with van der Waals surface area (Å²) < 4.78 is 4.37. The van der Waals surface area contributed by atoms with Gasteiger partial charge in [-0.15, -0.1) is 11.6 Å². The number of aromatic nitrogens is 4. The van der Waals surface area contributed by atoms with E-state index in [1.165, 1.54) is 31.3 Å². The molecule has 5 heteroatoms. The maximum absolute atomic E-state index is 6.17. The summed E-state index contributed by atoms with van der Waals surface area (Å²) in [7, 11) is 2.04. The maximum atomic E-state index is 6.17. The number of alkyl halides is 1. The lowest BCUT2D eigenvalue weighted by Crippen LogP contribution is -2.17. The highest BCUT2D eigenvalue weighted by Gasteiger charge is 2.54. The predicted molar refractivity (Wildman–Crippen MR) is 84.4 cm³/mol. The van der Waals surface area contributed by atoms with E-state index in [4.69, 9.17) is 16.6 Å². The highest BCUT2D eigenvalue weighted by atomic mass is 35.5. The van der Waals surface area contributed by atoms with Gasteiger partial charge in [0.25, 0.3) is 0 Å². The number of imidazole rings is 1. The summed E-state index contributed by atoms with van der Waals surface area (Å²) in [6.45, 7) is 3.27. The molecular formula is C16H23ClN4. The molecule has 0 atom stereocenters. The van der Waals surface area contributed by atoms with Gasteiger partial charge in [-0.05, 0) is 43.4 Å². The third-order valence-corrected chi connectivity index (χ3v) is 5.52. The molecule has 0 spiro atoms. The van der Waals surface area contributed by atoms with Crippen molar-refractivity contribution in [1.82, 2.24) is 19.3 Å². The molecule has 4 rings (SSSR count). The van der Waals surface area contributed by atoms with Crippen LogP contribution in [0.4, 0.5) is 0 Å². The Balaban J connectivity index is 1.78. The summed E-state index contributed by atoms with van der Waals surface area (Å²) in [4.78, 5) is 4.81. The van der Waals surface area contributed by atoms with Crippen LogP contribution in [0.15, 0.2) is 0 Å². The number of nitrogens with zero attached hydrogens (tertiary/aromatic N) is 4. The standard InChI is InChI=1S/C16H23ClN4/c1-3-4-12-14-15(20(2)19-12)21(13(9-17)18-14)10-16(7-8-16)11-5-6-11/h11H,3-10H2,1-2H3. The smallest absolute Gasteiger partial charge is 0.158 e. The Morgan fingerprint density at radius 2 is 2.10 bits per heavy atom. The SMILES string of the molecule is CCCc1nn(C)c2c1nc(CCl)n2CC1(C2CC2)CC1. The molecule has 2 aromatic rings. The van der Waals surface area contributed by atoms with E-state index < -0.39 is 0 Å². The highest BCUT2D eigenvalue weighted by Crippen LogP contribution is 2.62. The van der Waals surface area contributed by atoms with Crippen molar-refractivity contribution in [1.29, 1.82) is 0 Å². The molecule has 0 radical (unpaired) electrons. The topological polar surface area (TPSA) is 35.6 Å². The molecule has 2 aliphatic carbocycles. The first-order chi connectivity index (χ1) is 10.2. The predicted octanol–water partition coefficient (Wildman–Crippen LogP) is 3.65. The Hall–Kier alpha value is -1.03. The Morgan fingerprint density at radius 1 is 1.33 bits per heavy atom. The van der Waals surface area contributed by atoms with Gasteiger partial charge in [-0.1, -0.05) is 13.3 Å². The van der Waals surface area contributed by atoms with Crippen LogP contribution in [0.3, 0.4) is 0 Å². The summed E-state index contributed by atoms with van der Waals surface area (Å²) in [5, 5.41) is 4.68. The average Bonchev–Trinajstić information content (AvgIpc) is 3.35. The third-order valence-electron chi connectivity index (χ3n) is 5.29. The van der Waals surface area contributed by atoms with Crippen LogP contribution in [0.1, 0.15) is 50.5 Å². The van der Waals surface area contributed by atoms with Gasteiger partial charge in [-0.25, -0.2) is 4.98 Å². The van der Waals surface area contributed by atoms with Gasteiger partial charge in [0.1, 0.15) is 11.3 Å². The molecule has 0 aromatic carbocycles. The van der Waals surface area contributed by atoms with E-state index in [1.807, 2.05) is 11.7 Å². The van der Waals surface area contributed by atoms with Gasteiger partial charge < -0.3 is 4.57 Å². The summed E-state index contributed by atoms with van der Waals surface area (Å²) in [5.74, 6) is 2.45. The Kier molecular flexibility index (Phi) is 3.07. The summed E-state index contributed by atoms with van der Waals surface area (Å²) in [6.07, 6.45) is 7.67. The van der Waals surface area contributed by atoms with Gasteiger partial charge >= 0.3 is 0 Å². The van der Waals surface area contributed by atoms with E-state index in [0.717, 1.165) is 42.3 Å². The molecule has 2 saturated carbocycles. The van der Waals surface area contributed by atoms with E-state index in [0.29, 0.717) is 11.3 Å². The molecule has 0 unspecified atom stereocenters. The van der Waals surface area contributed by atoms with Gasteiger partial charge in [0, 0.05) is 13.6 Å². The Morgan fingerprint density at radius 3 is 2.67 bits per heavy atom. The van der Waals surface area contributed by atoms with Crippen LogP contribution >= 0.6 is 11.6 Å². The lowest BCUT2D eigenvalue weighted by molar-refractivity contribution is 0.368. The summed E-state index contributed by atoms with van der Waals surface area (Å²) in [5.41, 5.74) is 3.91. The number of aryl methyl sites for hydroxylation is 2. The normalized spacial score (nSPS) is 20.3. The fraction of sp³-hybridized carbons (Fsp3) is 0.750. The van der Waals surface area contributed by atoms with Crippen LogP contribution in [0.25, 0.3) is 11.2 Å². The molecule has 2 aromatic heterocycles. The molecule has 0 bridgehead atoms. The molecule has 114 valence electrons. The molecule has 4 nitrogen and oxygen atoms in total. The van der Waals surface area contributed by atoms with E-state index in [-0.39, 0.29) is 0 Å². The van der Waals surface area contributed by atoms with E-state index >= 15 is 0 Å². The fourth-order valence-electron chi connectivity index (χ4n) is 3.83. The zero-order chi connectivity index (χ0) is 14.6. The molecule has 2 heterocycles. The van der Waals surface area contributed by atoms with Crippen LogP contribution in [-0.4, -0.2) is 19.3 Å². The second-order valence-electron chi connectivity index (χ2n) is 6.88. The first-order valence-electron chi connectivity index (χ1n) is 8.15.